The third-order valence-corrected chi connectivity index (χ3v) is 7.67. The zero-order valence-corrected chi connectivity index (χ0v) is 25.2. The Kier molecular flexibility index (Phi) is 9.71. The highest BCUT2D eigenvalue weighted by Crippen LogP contribution is 2.28. The van der Waals surface area contributed by atoms with E-state index in [1.807, 2.05) is 49.4 Å². The lowest BCUT2D eigenvalue weighted by atomic mass is 9.99. The molecule has 1 amide bonds. The second-order valence-electron chi connectivity index (χ2n) is 11.3. The monoisotopic (exact) mass is 602 g/mol. The quantitative estimate of drug-likeness (QED) is 0.234. The first-order valence-electron chi connectivity index (χ1n) is 14.8. The Morgan fingerprint density at radius 1 is 1.00 bits per heavy atom. The van der Waals surface area contributed by atoms with E-state index in [1.54, 1.807) is 26.0 Å². The minimum Gasteiger partial charge on any atom is -0.493 e. The van der Waals surface area contributed by atoms with Gasteiger partial charge < -0.3 is 19.6 Å². The minimum absolute atomic E-state index is 0.202. The van der Waals surface area contributed by atoms with E-state index in [4.69, 9.17) is 9.15 Å². The summed E-state index contributed by atoms with van der Waals surface area (Å²) in [5, 5.41) is 21.9. The molecule has 0 saturated carbocycles. The van der Waals surface area contributed by atoms with Gasteiger partial charge >= 0.3 is 5.69 Å². The average molecular weight is 603 g/mol. The van der Waals surface area contributed by atoms with E-state index in [1.165, 1.54) is 4.57 Å². The lowest BCUT2D eigenvalue weighted by Gasteiger charge is -2.26. The number of hydrogen-bond acceptors (Lipinski definition) is 9. The Morgan fingerprint density at radius 3 is 2.45 bits per heavy atom. The van der Waals surface area contributed by atoms with Crippen molar-refractivity contribution in [2.24, 2.45) is 5.92 Å². The second-order valence-corrected chi connectivity index (χ2v) is 11.3. The van der Waals surface area contributed by atoms with E-state index in [9.17, 15) is 19.5 Å². The van der Waals surface area contributed by atoms with Crippen LogP contribution >= 0.6 is 0 Å². The summed E-state index contributed by atoms with van der Waals surface area (Å²) in [5.74, 6) is -1.69. The lowest BCUT2D eigenvalue weighted by molar-refractivity contribution is -0.122. The zero-order chi connectivity index (χ0) is 31.2. The molecule has 12 heteroatoms. The Bertz CT molecular complexity index is 1650. The Hall–Kier alpha value is -4.55. The molecule has 1 unspecified atom stereocenters. The molecule has 232 valence electrons. The Labute approximate surface area is 255 Å². The van der Waals surface area contributed by atoms with Gasteiger partial charge in [0.25, 0.3) is 5.89 Å². The van der Waals surface area contributed by atoms with Gasteiger partial charge in [-0.25, -0.2) is 4.79 Å². The summed E-state index contributed by atoms with van der Waals surface area (Å²) in [7, 11) is 0. The number of aromatic nitrogens is 4. The van der Waals surface area contributed by atoms with Gasteiger partial charge in [-0.05, 0) is 18.4 Å². The summed E-state index contributed by atoms with van der Waals surface area (Å²) in [5.41, 5.74) is 2.53. The topological polar surface area (TPSA) is 145 Å². The summed E-state index contributed by atoms with van der Waals surface area (Å²) >= 11 is 0. The van der Waals surface area contributed by atoms with E-state index in [0.29, 0.717) is 44.0 Å². The number of carbonyl (C=O) groups is 2. The van der Waals surface area contributed by atoms with Crippen molar-refractivity contribution in [1.82, 2.24) is 29.5 Å². The normalized spacial score (nSPS) is 14.5. The maximum atomic E-state index is 13.6. The molecule has 5 rings (SSSR count). The second kappa shape index (κ2) is 13.8. The highest BCUT2D eigenvalue weighted by molar-refractivity contribution is 5.98. The van der Waals surface area contributed by atoms with E-state index in [0.717, 1.165) is 28.8 Å². The molecule has 1 fully saturated rings. The molecule has 1 aliphatic heterocycles. The number of aryl methyl sites for hydroxylation is 1. The van der Waals surface area contributed by atoms with Gasteiger partial charge in [0.2, 0.25) is 23.5 Å². The summed E-state index contributed by atoms with van der Waals surface area (Å²) in [4.78, 5) is 42.4. The van der Waals surface area contributed by atoms with E-state index in [2.05, 4.69) is 20.4 Å². The smallest absolute Gasteiger partial charge is 0.332 e. The van der Waals surface area contributed by atoms with Crippen LogP contribution in [-0.4, -0.2) is 79.9 Å². The van der Waals surface area contributed by atoms with E-state index in [-0.39, 0.29) is 23.6 Å². The highest BCUT2D eigenvalue weighted by atomic mass is 16.5. The Balaban J connectivity index is 1.33. The Morgan fingerprint density at radius 2 is 1.75 bits per heavy atom. The molecule has 0 aliphatic carbocycles. The number of Topliss-reactive ketones (excluding diaryl/α,β-unsaturated/α-hetero) is 1. The maximum absolute atomic E-state index is 13.6. The first-order chi connectivity index (χ1) is 21.2. The van der Waals surface area contributed by atoms with Crippen molar-refractivity contribution in [3.05, 3.63) is 88.0 Å². The zero-order valence-electron chi connectivity index (χ0n) is 25.2. The fourth-order valence-corrected chi connectivity index (χ4v) is 5.33. The van der Waals surface area contributed by atoms with Gasteiger partial charge in [-0.1, -0.05) is 74.0 Å². The fraction of sp³-hybridized carbons (Fsp3) is 0.406. The van der Waals surface area contributed by atoms with Crippen LogP contribution in [0, 0.1) is 12.8 Å². The van der Waals surface area contributed by atoms with Crippen LogP contribution < -0.4 is 11.0 Å². The maximum Gasteiger partial charge on any atom is 0.332 e. The molecule has 1 saturated heterocycles. The number of nitrogens with zero attached hydrogens (tertiary/aromatic N) is 5. The molecule has 12 nitrogen and oxygen atoms in total. The molecule has 3 heterocycles. The predicted octanol–water partition coefficient (Wildman–Crippen LogP) is 2.66. The number of hydrogen-bond donors (Lipinski definition) is 2. The van der Waals surface area contributed by atoms with Crippen LogP contribution in [0.5, 0.6) is 5.88 Å². The van der Waals surface area contributed by atoms with Gasteiger partial charge in [0.1, 0.15) is 12.2 Å². The highest BCUT2D eigenvalue weighted by Gasteiger charge is 2.31. The first-order valence-corrected chi connectivity index (χ1v) is 14.8. The lowest BCUT2D eigenvalue weighted by Crippen LogP contribution is -2.46. The summed E-state index contributed by atoms with van der Waals surface area (Å²) in [6.07, 6.45) is 0.370. The van der Waals surface area contributed by atoms with Gasteiger partial charge in [0, 0.05) is 31.7 Å². The molecule has 1 atom stereocenters. The van der Waals surface area contributed by atoms with Gasteiger partial charge in [-0.2, -0.15) is 0 Å². The number of ether oxygens (including phenoxy) is 1. The fourth-order valence-electron chi connectivity index (χ4n) is 5.33. The van der Waals surface area contributed by atoms with Crippen molar-refractivity contribution in [3.63, 3.8) is 0 Å². The summed E-state index contributed by atoms with van der Waals surface area (Å²) < 4.78 is 13.6. The number of imidazole rings is 1. The average Bonchev–Trinajstić information content (AvgIpc) is 3.57. The van der Waals surface area contributed by atoms with Gasteiger partial charge in [0.05, 0.1) is 25.7 Å². The minimum atomic E-state index is -0.982. The number of morpholine rings is 1. The van der Waals surface area contributed by atoms with Crippen LogP contribution in [-0.2, 0) is 29.0 Å². The molecule has 0 spiro atoms. The number of carbonyl (C=O) groups excluding carboxylic acids is 2. The third kappa shape index (κ3) is 7.14. The van der Waals surface area contributed by atoms with E-state index >= 15 is 0 Å². The van der Waals surface area contributed by atoms with Crippen molar-refractivity contribution >= 4 is 11.7 Å². The number of benzene rings is 2. The van der Waals surface area contributed by atoms with Crippen molar-refractivity contribution in [3.8, 4) is 17.1 Å². The third-order valence-electron chi connectivity index (χ3n) is 7.67. The van der Waals surface area contributed by atoms with Crippen molar-refractivity contribution in [2.75, 3.05) is 32.8 Å². The van der Waals surface area contributed by atoms with Crippen molar-refractivity contribution < 1.29 is 23.8 Å². The van der Waals surface area contributed by atoms with E-state index < -0.39 is 30.0 Å². The van der Waals surface area contributed by atoms with Crippen molar-refractivity contribution in [2.45, 2.75) is 46.3 Å². The van der Waals surface area contributed by atoms with Crippen LogP contribution in [0.1, 0.15) is 41.6 Å². The van der Waals surface area contributed by atoms with Gasteiger partial charge in [0.15, 0.2) is 0 Å². The number of rotatable bonds is 12. The molecular weight excluding hydrogens is 564 g/mol. The van der Waals surface area contributed by atoms with Gasteiger partial charge in [-0.15, -0.1) is 10.2 Å². The SMILES string of the molecule is Cc1cccc(Cc2nnc(C(=O)C(NC(=O)Cn3c(O)c(-c4ccccc4)n(CCN4CCOCC4)c3=O)C(C)C)o2)c1. The van der Waals surface area contributed by atoms with Crippen LogP contribution in [0.4, 0.5) is 0 Å². The number of aromatic hydroxyl groups is 1. The molecule has 0 radical (unpaired) electrons. The molecule has 44 heavy (non-hydrogen) atoms. The molecule has 2 aromatic carbocycles. The molecular formula is C32H38N6O6. The predicted molar refractivity (Wildman–Crippen MR) is 162 cm³/mol. The van der Waals surface area contributed by atoms with Crippen LogP contribution in [0.15, 0.2) is 63.8 Å². The standard InChI is InChI=1S/C32H38N6O6/c1-21(2)27(29(40)30-35-34-26(44-30)19-23-9-7-8-22(3)18-23)33-25(39)20-38-31(41)28(24-10-5-4-6-11-24)37(32(38)42)13-12-36-14-16-43-17-15-36/h4-11,18,21,27,41H,12-17,19-20H2,1-3H3,(H,33,39). The molecule has 2 N–H and O–H groups in total. The van der Waals surface area contributed by atoms with Crippen molar-refractivity contribution in [1.29, 1.82) is 0 Å². The number of nitrogens with one attached hydrogen (secondary N) is 1. The first kappa shape index (κ1) is 30.9. The number of ketones is 1. The van der Waals surface area contributed by atoms with Crippen LogP contribution in [0.2, 0.25) is 0 Å². The summed E-state index contributed by atoms with van der Waals surface area (Å²) in [6.45, 7) is 8.73. The van der Waals surface area contributed by atoms with Crippen LogP contribution in [0.25, 0.3) is 11.3 Å². The molecule has 1 aliphatic rings. The van der Waals surface area contributed by atoms with Gasteiger partial charge in [-0.3, -0.25) is 23.6 Å². The van der Waals surface area contributed by atoms with Crippen LogP contribution in [0.3, 0.4) is 0 Å². The molecule has 4 aromatic rings. The largest absolute Gasteiger partial charge is 0.493 e. The molecule has 0 bridgehead atoms. The molecule has 2 aromatic heterocycles. The number of amides is 1. The summed E-state index contributed by atoms with van der Waals surface area (Å²) in [6, 6.07) is 16.0.